The minimum absolute atomic E-state index is 0.217. The minimum atomic E-state index is 0.217. The molecule has 0 aliphatic carbocycles. The van der Waals surface area contributed by atoms with Crippen molar-refractivity contribution in [3.8, 4) is 0 Å². The zero-order valence-corrected chi connectivity index (χ0v) is 9.28. The molecule has 0 saturated carbocycles. The zero-order chi connectivity index (χ0) is 10.5. The largest absolute Gasteiger partial charge is 0.370 e. The minimum Gasteiger partial charge on any atom is -0.370 e. The molecule has 1 fully saturated rings. The van der Waals surface area contributed by atoms with Gasteiger partial charge in [-0.25, -0.2) is 0 Å². The highest BCUT2D eigenvalue weighted by Crippen LogP contribution is 2.21. The highest BCUT2D eigenvalue weighted by molar-refractivity contribution is 5.16. The molecule has 0 aromatic heterocycles. The topological polar surface area (TPSA) is 21.3 Å². The standard InChI is InChI=1S/C13H19NO/c1-11(12-5-3-2-4-6-12)15-13-7-9-14-10-8-13/h2-6,11,13-14H,7-10H2,1H3/t11-/m0/s1. The Bertz CT molecular complexity index is 280. The van der Waals surface area contributed by atoms with Crippen molar-refractivity contribution in [2.45, 2.75) is 32.0 Å². The molecule has 1 aliphatic rings. The molecule has 0 amide bonds. The molecule has 2 rings (SSSR count). The van der Waals surface area contributed by atoms with Gasteiger partial charge in [-0.1, -0.05) is 30.3 Å². The fourth-order valence-corrected chi connectivity index (χ4v) is 2.02. The third-order valence-corrected chi connectivity index (χ3v) is 2.95. The lowest BCUT2D eigenvalue weighted by Gasteiger charge is -2.26. The summed E-state index contributed by atoms with van der Waals surface area (Å²) < 4.78 is 6.04. The van der Waals surface area contributed by atoms with Crippen molar-refractivity contribution < 1.29 is 4.74 Å². The lowest BCUT2D eigenvalue weighted by molar-refractivity contribution is -0.0186. The fraction of sp³-hybridized carbons (Fsp3) is 0.538. The summed E-state index contributed by atoms with van der Waals surface area (Å²) in [6.45, 7) is 4.32. The van der Waals surface area contributed by atoms with Crippen LogP contribution in [-0.2, 0) is 4.74 Å². The van der Waals surface area contributed by atoms with E-state index in [1.807, 2.05) is 6.07 Å². The lowest BCUT2D eigenvalue weighted by Crippen LogP contribution is -2.32. The van der Waals surface area contributed by atoms with Gasteiger partial charge in [0, 0.05) is 0 Å². The van der Waals surface area contributed by atoms with E-state index in [9.17, 15) is 0 Å². The summed E-state index contributed by atoms with van der Waals surface area (Å²) in [5.41, 5.74) is 1.27. The third kappa shape index (κ3) is 3.05. The van der Waals surface area contributed by atoms with Crippen LogP contribution in [0.3, 0.4) is 0 Å². The quantitative estimate of drug-likeness (QED) is 0.818. The fourth-order valence-electron chi connectivity index (χ4n) is 2.02. The average Bonchev–Trinajstić information content (AvgIpc) is 2.31. The van der Waals surface area contributed by atoms with Crippen molar-refractivity contribution in [3.63, 3.8) is 0 Å². The van der Waals surface area contributed by atoms with Crippen LogP contribution in [0, 0.1) is 0 Å². The van der Waals surface area contributed by atoms with Crippen LogP contribution in [0.1, 0.15) is 31.4 Å². The Hall–Kier alpha value is -0.860. The molecular formula is C13H19NO. The number of hydrogen-bond acceptors (Lipinski definition) is 2. The number of rotatable bonds is 3. The summed E-state index contributed by atoms with van der Waals surface area (Å²) in [4.78, 5) is 0. The van der Waals surface area contributed by atoms with Crippen molar-refractivity contribution in [1.29, 1.82) is 0 Å². The Kier molecular flexibility index (Phi) is 3.75. The summed E-state index contributed by atoms with van der Waals surface area (Å²) in [5, 5.41) is 3.35. The van der Waals surface area contributed by atoms with Crippen LogP contribution < -0.4 is 5.32 Å². The van der Waals surface area contributed by atoms with Crippen LogP contribution in [-0.4, -0.2) is 19.2 Å². The van der Waals surface area contributed by atoms with Crippen molar-refractivity contribution in [2.24, 2.45) is 0 Å². The SMILES string of the molecule is C[C@H](OC1CCNCC1)c1ccccc1. The van der Waals surface area contributed by atoms with E-state index < -0.39 is 0 Å². The van der Waals surface area contributed by atoms with Gasteiger partial charge in [0.1, 0.15) is 0 Å². The first-order chi connectivity index (χ1) is 7.36. The lowest BCUT2D eigenvalue weighted by atomic mass is 10.1. The van der Waals surface area contributed by atoms with Gasteiger partial charge < -0.3 is 10.1 Å². The summed E-state index contributed by atoms with van der Waals surface area (Å²) in [7, 11) is 0. The summed E-state index contributed by atoms with van der Waals surface area (Å²) in [6, 6.07) is 10.4. The van der Waals surface area contributed by atoms with Crippen LogP contribution in [0.25, 0.3) is 0 Å². The van der Waals surface area contributed by atoms with Crippen LogP contribution in [0.5, 0.6) is 0 Å². The Labute approximate surface area is 91.6 Å². The van der Waals surface area contributed by atoms with E-state index in [0.717, 1.165) is 25.9 Å². The Balaban J connectivity index is 1.88. The normalized spacial score (nSPS) is 20.1. The maximum atomic E-state index is 6.04. The molecule has 1 atom stereocenters. The van der Waals surface area contributed by atoms with Gasteiger partial charge >= 0.3 is 0 Å². The van der Waals surface area contributed by atoms with Crippen LogP contribution >= 0.6 is 0 Å². The van der Waals surface area contributed by atoms with E-state index in [1.165, 1.54) is 5.56 Å². The number of piperidine rings is 1. The molecule has 0 spiro atoms. The number of ether oxygens (including phenoxy) is 1. The molecule has 82 valence electrons. The maximum Gasteiger partial charge on any atom is 0.0800 e. The van der Waals surface area contributed by atoms with Crippen LogP contribution in [0.4, 0.5) is 0 Å². The molecule has 15 heavy (non-hydrogen) atoms. The maximum absolute atomic E-state index is 6.04. The molecular weight excluding hydrogens is 186 g/mol. The molecule has 1 aromatic rings. The smallest absolute Gasteiger partial charge is 0.0800 e. The number of benzene rings is 1. The summed E-state index contributed by atoms with van der Waals surface area (Å²) in [6.07, 6.45) is 2.92. The summed E-state index contributed by atoms with van der Waals surface area (Å²) in [5.74, 6) is 0. The second-order valence-electron chi connectivity index (χ2n) is 4.14. The molecule has 0 bridgehead atoms. The van der Waals surface area contributed by atoms with Gasteiger partial charge in [-0.2, -0.15) is 0 Å². The first kappa shape index (κ1) is 10.7. The van der Waals surface area contributed by atoms with Crippen molar-refractivity contribution in [3.05, 3.63) is 35.9 Å². The van der Waals surface area contributed by atoms with Gasteiger partial charge in [0.05, 0.1) is 12.2 Å². The molecule has 0 radical (unpaired) electrons. The predicted molar refractivity (Wildman–Crippen MR) is 61.8 cm³/mol. The first-order valence-electron chi connectivity index (χ1n) is 5.77. The van der Waals surface area contributed by atoms with Gasteiger partial charge in [-0.05, 0) is 38.4 Å². The van der Waals surface area contributed by atoms with E-state index in [0.29, 0.717) is 6.10 Å². The molecule has 1 N–H and O–H groups in total. The van der Waals surface area contributed by atoms with E-state index >= 15 is 0 Å². The van der Waals surface area contributed by atoms with Crippen molar-refractivity contribution >= 4 is 0 Å². The predicted octanol–water partition coefficient (Wildman–Crippen LogP) is 2.52. The third-order valence-electron chi connectivity index (χ3n) is 2.95. The second kappa shape index (κ2) is 5.29. The summed E-state index contributed by atoms with van der Waals surface area (Å²) >= 11 is 0. The van der Waals surface area contributed by atoms with Crippen LogP contribution in [0.15, 0.2) is 30.3 Å². The van der Waals surface area contributed by atoms with Gasteiger partial charge in [0.2, 0.25) is 0 Å². The Morgan fingerprint density at radius 1 is 1.20 bits per heavy atom. The monoisotopic (exact) mass is 205 g/mol. The van der Waals surface area contributed by atoms with E-state index in [4.69, 9.17) is 4.74 Å². The zero-order valence-electron chi connectivity index (χ0n) is 9.28. The second-order valence-corrected chi connectivity index (χ2v) is 4.14. The number of nitrogens with one attached hydrogen (secondary N) is 1. The van der Waals surface area contributed by atoms with E-state index in [1.54, 1.807) is 0 Å². The average molecular weight is 205 g/mol. The molecule has 0 unspecified atom stereocenters. The molecule has 1 aromatic carbocycles. The Morgan fingerprint density at radius 2 is 1.87 bits per heavy atom. The molecule has 1 aliphatic heterocycles. The van der Waals surface area contributed by atoms with Gasteiger partial charge in [-0.15, -0.1) is 0 Å². The Morgan fingerprint density at radius 3 is 2.53 bits per heavy atom. The van der Waals surface area contributed by atoms with Gasteiger partial charge in [-0.3, -0.25) is 0 Å². The first-order valence-corrected chi connectivity index (χ1v) is 5.77. The van der Waals surface area contributed by atoms with Crippen molar-refractivity contribution in [2.75, 3.05) is 13.1 Å². The van der Waals surface area contributed by atoms with Gasteiger partial charge in [0.15, 0.2) is 0 Å². The number of hydrogen-bond donors (Lipinski definition) is 1. The van der Waals surface area contributed by atoms with Crippen molar-refractivity contribution in [1.82, 2.24) is 5.32 Å². The van der Waals surface area contributed by atoms with Crippen LogP contribution in [0.2, 0.25) is 0 Å². The van der Waals surface area contributed by atoms with E-state index in [2.05, 4.69) is 36.5 Å². The van der Waals surface area contributed by atoms with E-state index in [-0.39, 0.29) is 6.10 Å². The molecule has 1 saturated heterocycles. The highest BCUT2D eigenvalue weighted by Gasteiger charge is 2.16. The molecule has 2 nitrogen and oxygen atoms in total. The van der Waals surface area contributed by atoms with Gasteiger partial charge in [0.25, 0.3) is 0 Å². The molecule has 1 heterocycles. The highest BCUT2D eigenvalue weighted by atomic mass is 16.5. The molecule has 2 heteroatoms.